The molecular weight excluding hydrogens is 284 g/mol. The van der Waals surface area contributed by atoms with E-state index in [1.807, 2.05) is 25.1 Å². The third-order valence-electron chi connectivity index (χ3n) is 3.14. The Morgan fingerprint density at radius 2 is 2.14 bits per heavy atom. The molecule has 0 spiro atoms. The molecule has 118 valence electrons. The lowest BCUT2D eigenvalue weighted by Crippen LogP contribution is -2.58. The smallest absolute Gasteiger partial charge is 0.288 e. The number of nitrogens with one attached hydrogen (secondary N) is 2. The number of hydrazine groups is 1. The second-order valence-corrected chi connectivity index (χ2v) is 5.10. The molecule has 0 aromatic heterocycles. The van der Waals surface area contributed by atoms with E-state index < -0.39 is 6.04 Å². The van der Waals surface area contributed by atoms with Gasteiger partial charge in [-0.1, -0.05) is 18.2 Å². The number of amidine groups is 1. The van der Waals surface area contributed by atoms with Gasteiger partial charge < -0.3 is 10.1 Å². The van der Waals surface area contributed by atoms with E-state index in [0.717, 1.165) is 0 Å². The van der Waals surface area contributed by atoms with Gasteiger partial charge >= 0.3 is 0 Å². The monoisotopic (exact) mass is 304 g/mol. The summed E-state index contributed by atoms with van der Waals surface area (Å²) in [7, 11) is 1.57. The molecule has 0 aliphatic carbocycles. The number of ether oxygens (including phenoxy) is 1. The van der Waals surface area contributed by atoms with Crippen molar-refractivity contribution in [1.29, 1.82) is 0 Å². The molecule has 0 bridgehead atoms. The van der Waals surface area contributed by atoms with Crippen LogP contribution in [0.25, 0.3) is 0 Å². The van der Waals surface area contributed by atoms with Crippen molar-refractivity contribution in [2.75, 3.05) is 18.7 Å². The molecule has 2 amide bonds. The first-order valence-electron chi connectivity index (χ1n) is 7.06. The summed E-state index contributed by atoms with van der Waals surface area (Å²) >= 11 is 0. The van der Waals surface area contributed by atoms with Gasteiger partial charge in [0.2, 0.25) is 5.84 Å². The Bertz CT molecular complexity index is 573. The number of para-hydroxylation sites is 1. The second-order valence-electron chi connectivity index (χ2n) is 5.10. The molecule has 0 saturated heterocycles. The summed E-state index contributed by atoms with van der Waals surface area (Å²) in [5.41, 5.74) is 3.44. The van der Waals surface area contributed by atoms with E-state index in [1.165, 1.54) is 5.01 Å². The van der Waals surface area contributed by atoms with Crippen LogP contribution in [0, 0.1) is 0 Å². The summed E-state index contributed by atoms with van der Waals surface area (Å²) in [6.07, 6.45) is 0. The fourth-order valence-corrected chi connectivity index (χ4v) is 2.09. The van der Waals surface area contributed by atoms with Gasteiger partial charge in [-0.15, -0.1) is 0 Å². The van der Waals surface area contributed by atoms with Crippen molar-refractivity contribution in [3.05, 3.63) is 30.3 Å². The molecular formula is C15H20N4O3. The van der Waals surface area contributed by atoms with Crippen molar-refractivity contribution in [2.24, 2.45) is 4.99 Å². The molecule has 1 aromatic rings. The maximum Gasteiger partial charge on any atom is 0.288 e. The van der Waals surface area contributed by atoms with Gasteiger partial charge in [0.05, 0.1) is 12.3 Å². The molecule has 1 aliphatic heterocycles. The number of carbonyl (C=O) groups is 2. The number of hydrogen-bond donors (Lipinski definition) is 2. The molecule has 2 atom stereocenters. The van der Waals surface area contributed by atoms with Crippen LogP contribution in [-0.2, 0) is 14.3 Å². The number of methoxy groups -OCH3 is 1. The SMILES string of the molecule is COC[C@@H](C)NC(=O)C1=N[C@@H](C)C(=O)N(c2ccccc2)N1. The average molecular weight is 304 g/mol. The predicted molar refractivity (Wildman–Crippen MR) is 83.4 cm³/mol. The molecule has 1 heterocycles. The van der Waals surface area contributed by atoms with E-state index in [2.05, 4.69) is 15.7 Å². The number of hydrogen-bond acceptors (Lipinski definition) is 5. The van der Waals surface area contributed by atoms with Crippen LogP contribution in [0.1, 0.15) is 13.8 Å². The zero-order chi connectivity index (χ0) is 16.1. The number of carbonyl (C=O) groups excluding carboxylic acids is 2. The standard InChI is InChI=1S/C15H20N4O3/c1-10(9-22-3)16-14(20)13-17-11(2)15(21)19(18-13)12-7-5-4-6-8-12/h4-8,10-11H,9H2,1-3H3,(H,16,20)(H,17,18)/t10-,11+/m1/s1. The molecule has 22 heavy (non-hydrogen) atoms. The molecule has 0 saturated carbocycles. The summed E-state index contributed by atoms with van der Waals surface area (Å²) in [6, 6.07) is 8.29. The van der Waals surface area contributed by atoms with Crippen LogP contribution in [0.2, 0.25) is 0 Å². The maximum atomic E-state index is 12.2. The third-order valence-corrected chi connectivity index (χ3v) is 3.14. The first-order valence-corrected chi connectivity index (χ1v) is 7.06. The number of anilines is 1. The Morgan fingerprint density at radius 1 is 1.45 bits per heavy atom. The van der Waals surface area contributed by atoms with E-state index in [0.29, 0.717) is 12.3 Å². The Morgan fingerprint density at radius 3 is 2.77 bits per heavy atom. The van der Waals surface area contributed by atoms with E-state index in [1.54, 1.807) is 26.2 Å². The molecule has 0 radical (unpaired) electrons. The summed E-state index contributed by atoms with van der Waals surface area (Å²) in [6.45, 7) is 3.88. The average Bonchev–Trinajstić information content (AvgIpc) is 2.50. The van der Waals surface area contributed by atoms with Gasteiger partial charge in [-0.05, 0) is 26.0 Å². The number of rotatable bonds is 5. The van der Waals surface area contributed by atoms with Gasteiger partial charge in [0.1, 0.15) is 6.04 Å². The lowest BCUT2D eigenvalue weighted by Gasteiger charge is -2.30. The first-order chi connectivity index (χ1) is 10.5. The fourth-order valence-electron chi connectivity index (χ4n) is 2.09. The Balaban J connectivity index is 2.15. The molecule has 7 heteroatoms. The summed E-state index contributed by atoms with van der Waals surface area (Å²) in [5, 5.41) is 4.10. The normalized spacial score (nSPS) is 19.2. The number of nitrogens with zero attached hydrogens (tertiary/aromatic N) is 2. The van der Waals surface area contributed by atoms with Crippen molar-refractivity contribution < 1.29 is 14.3 Å². The minimum Gasteiger partial charge on any atom is -0.383 e. The van der Waals surface area contributed by atoms with Crippen LogP contribution >= 0.6 is 0 Å². The second kappa shape index (κ2) is 7.04. The molecule has 0 fully saturated rings. The van der Waals surface area contributed by atoms with Crippen molar-refractivity contribution in [2.45, 2.75) is 25.9 Å². The lowest BCUT2D eigenvalue weighted by atomic mass is 10.2. The van der Waals surface area contributed by atoms with Gasteiger partial charge in [0.15, 0.2) is 0 Å². The molecule has 7 nitrogen and oxygen atoms in total. The van der Waals surface area contributed by atoms with Gasteiger partial charge in [0, 0.05) is 13.2 Å². The van der Waals surface area contributed by atoms with Crippen molar-refractivity contribution in [1.82, 2.24) is 10.7 Å². The summed E-state index contributed by atoms with van der Waals surface area (Å²) < 4.78 is 4.98. The van der Waals surface area contributed by atoms with Crippen LogP contribution in [0.4, 0.5) is 5.69 Å². The molecule has 2 N–H and O–H groups in total. The number of benzene rings is 1. The summed E-state index contributed by atoms with van der Waals surface area (Å²) in [4.78, 5) is 28.6. The van der Waals surface area contributed by atoms with Gasteiger partial charge in [-0.25, -0.2) is 10.0 Å². The first kappa shape index (κ1) is 16.0. The Labute approximate surface area is 129 Å². The topological polar surface area (TPSA) is 83.0 Å². The minimum atomic E-state index is -0.625. The maximum absolute atomic E-state index is 12.2. The van der Waals surface area contributed by atoms with Gasteiger partial charge in [-0.2, -0.15) is 0 Å². The molecule has 2 rings (SSSR count). The quantitative estimate of drug-likeness (QED) is 0.828. The van der Waals surface area contributed by atoms with Crippen molar-refractivity contribution in [3.63, 3.8) is 0 Å². The molecule has 1 aromatic carbocycles. The molecule has 0 unspecified atom stereocenters. The van der Waals surface area contributed by atoms with E-state index in [-0.39, 0.29) is 23.7 Å². The van der Waals surface area contributed by atoms with Crippen LogP contribution in [0.15, 0.2) is 35.3 Å². The van der Waals surface area contributed by atoms with Crippen LogP contribution in [0.5, 0.6) is 0 Å². The van der Waals surface area contributed by atoms with E-state index in [9.17, 15) is 9.59 Å². The zero-order valence-electron chi connectivity index (χ0n) is 12.9. The minimum absolute atomic E-state index is 0.110. The Hall–Kier alpha value is -2.41. The highest BCUT2D eigenvalue weighted by atomic mass is 16.5. The van der Waals surface area contributed by atoms with Crippen LogP contribution in [0.3, 0.4) is 0 Å². The zero-order valence-corrected chi connectivity index (χ0v) is 12.9. The van der Waals surface area contributed by atoms with E-state index in [4.69, 9.17) is 4.74 Å². The number of aliphatic imine (C=N–C) groups is 1. The predicted octanol–water partition coefficient (Wildman–Crippen LogP) is 0.476. The highest BCUT2D eigenvalue weighted by molar-refractivity contribution is 6.39. The lowest BCUT2D eigenvalue weighted by molar-refractivity contribution is -0.120. The fraction of sp³-hybridized carbons (Fsp3) is 0.400. The van der Waals surface area contributed by atoms with Crippen LogP contribution in [-0.4, -0.2) is 43.5 Å². The van der Waals surface area contributed by atoms with Crippen molar-refractivity contribution in [3.8, 4) is 0 Å². The van der Waals surface area contributed by atoms with Crippen LogP contribution < -0.4 is 15.8 Å². The van der Waals surface area contributed by atoms with Crippen molar-refractivity contribution >= 4 is 23.3 Å². The third kappa shape index (κ3) is 3.62. The number of amides is 2. The Kier molecular flexibility index (Phi) is 5.11. The molecule has 1 aliphatic rings. The largest absolute Gasteiger partial charge is 0.383 e. The van der Waals surface area contributed by atoms with E-state index >= 15 is 0 Å². The summed E-state index contributed by atoms with van der Waals surface area (Å²) in [5.74, 6) is -0.476. The van der Waals surface area contributed by atoms with Gasteiger partial charge in [0.25, 0.3) is 11.8 Å². The van der Waals surface area contributed by atoms with Gasteiger partial charge in [-0.3, -0.25) is 15.0 Å². The highest BCUT2D eigenvalue weighted by Gasteiger charge is 2.30. The highest BCUT2D eigenvalue weighted by Crippen LogP contribution is 2.15.